The Hall–Kier alpha value is -2.93. The molecule has 0 spiro atoms. The van der Waals surface area contributed by atoms with Crippen LogP contribution in [0.3, 0.4) is 0 Å². The summed E-state index contributed by atoms with van der Waals surface area (Å²) in [6.07, 6.45) is 1.28. The Kier molecular flexibility index (Phi) is 5.88. The molecular formula is C21H19ClFNO5. The second kappa shape index (κ2) is 8.21. The molecule has 2 aromatic rings. The van der Waals surface area contributed by atoms with E-state index in [2.05, 4.69) is 0 Å². The number of fused-ring (bicyclic) bond motifs is 1. The van der Waals surface area contributed by atoms with Crippen LogP contribution in [0.4, 0.5) is 10.1 Å². The fourth-order valence-electron chi connectivity index (χ4n) is 3.33. The number of hydrogen-bond donors (Lipinski definition) is 0. The lowest BCUT2D eigenvalue weighted by Gasteiger charge is -2.35. The van der Waals surface area contributed by atoms with Crippen LogP contribution in [0.2, 0.25) is 5.02 Å². The second-order valence-electron chi connectivity index (χ2n) is 6.80. The number of rotatable bonds is 3. The molecule has 1 aliphatic rings. The van der Waals surface area contributed by atoms with Gasteiger partial charge in [0.25, 0.3) is 5.91 Å². The van der Waals surface area contributed by atoms with Crippen LogP contribution in [0, 0.1) is 5.82 Å². The third-order valence-electron chi connectivity index (χ3n) is 4.56. The Morgan fingerprint density at radius 2 is 1.72 bits per heavy atom. The van der Waals surface area contributed by atoms with Crippen molar-refractivity contribution in [3.63, 3.8) is 0 Å². The summed E-state index contributed by atoms with van der Waals surface area (Å²) in [5.74, 6) is -2.20. The lowest BCUT2D eigenvalue weighted by atomic mass is 9.95. The zero-order valence-electron chi connectivity index (χ0n) is 16.1. The van der Waals surface area contributed by atoms with Crippen LogP contribution in [0.25, 0.3) is 0 Å². The highest BCUT2D eigenvalue weighted by molar-refractivity contribution is 6.32. The van der Waals surface area contributed by atoms with E-state index in [9.17, 15) is 18.8 Å². The summed E-state index contributed by atoms with van der Waals surface area (Å²) in [4.78, 5) is 37.8. The zero-order valence-corrected chi connectivity index (χ0v) is 16.9. The van der Waals surface area contributed by atoms with Gasteiger partial charge in [0.15, 0.2) is 5.75 Å². The van der Waals surface area contributed by atoms with Gasteiger partial charge >= 0.3 is 11.9 Å². The summed E-state index contributed by atoms with van der Waals surface area (Å²) in [5.41, 5.74) is 1.34. The van der Waals surface area contributed by atoms with E-state index in [1.165, 1.54) is 43.0 Å². The summed E-state index contributed by atoms with van der Waals surface area (Å²) in [7, 11) is 0. The van der Waals surface area contributed by atoms with E-state index in [1.807, 2.05) is 6.92 Å². The average Bonchev–Trinajstić information content (AvgIpc) is 2.63. The number of nitrogens with zero attached hydrogens (tertiary/aromatic N) is 1. The summed E-state index contributed by atoms with van der Waals surface area (Å²) in [6, 6.07) is 6.62. The first kappa shape index (κ1) is 20.8. The molecule has 0 saturated carbocycles. The van der Waals surface area contributed by atoms with Gasteiger partial charge in [-0.05, 0) is 49.6 Å². The SMILES string of the molecule is CC(=O)Oc1cc(OC(C)=O)c(C(=O)N2c3ccc(F)cc3CCC2C)cc1Cl. The van der Waals surface area contributed by atoms with Crippen molar-refractivity contribution < 1.29 is 28.2 Å². The van der Waals surface area contributed by atoms with Crippen molar-refractivity contribution in [1.82, 2.24) is 0 Å². The van der Waals surface area contributed by atoms with E-state index < -0.39 is 17.8 Å². The molecule has 3 rings (SSSR count). The van der Waals surface area contributed by atoms with Gasteiger partial charge in [-0.1, -0.05) is 11.6 Å². The molecule has 29 heavy (non-hydrogen) atoms. The minimum atomic E-state index is -0.649. The van der Waals surface area contributed by atoms with Gasteiger partial charge in [0.1, 0.15) is 11.6 Å². The summed E-state index contributed by atoms with van der Waals surface area (Å²) < 4.78 is 23.8. The molecular weight excluding hydrogens is 401 g/mol. The van der Waals surface area contributed by atoms with Crippen molar-refractivity contribution in [2.45, 2.75) is 39.7 Å². The van der Waals surface area contributed by atoms with Crippen molar-refractivity contribution in [3.05, 3.63) is 52.3 Å². The Bertz CT molecular complexity index is 1010. The van der Waals surface area contributed by atoms with Crippen LogP contribution < -0.4 is 14.4 Å². The average molecular weight is 420 g/mol. The highest BCUT2D eigenvalue weighted by Crippen LogP contribution is 2.37. The Morgan fingerprint density at radius 3 is 2.38 bits per heavy atom. The van der Waals surface area contributed by atoms with Crippen LogP contribution in [-0.2, 0) is 16.0 Å². The van der Waals surface area contributed by atoms with Crippen molar-refractivity contribution in [3.8, 4) is 11.5 Å². The van der Waals surface area contributed by atoms with E-state index in [-0.39, 0.29) is 33.9 Å². The molecule has 0 bridgehead atoms. The highest BCUT2D eigenvalue weighted by Gasteiger charge is 2.32. The predicted octanol–water partition coefficient (Wildman–Crippen LogP) is 4.31. The van der Waals surface area contributed by atoms with Gasteiger partial charge in [0.05, 0.1) is 10.6 Å². The van der Waals surface area contributed by atoms with E-state index in [1.54, 1.807) is 6.07 Å². The Morgan fingerprint density at radius 1 is 1.07 bits per heavy atom. The lowest BCUT2D eigenvalue weighted by Crippen LogP contribution is -2.42. The van der Waals surface area contributed by atoms with Gasteiger partial charge in [-0.25, -0.2) is 4.39 Å². The molecule has 0 fully saturated rings. The van der Waals surface area contributed by atoms with Crippen LogP contribution in [0.15, 0.2) is 30.3 Å². The summed E-state index contributed by atoms with van der Waals surface area (Å²) in [6.45, 7) is 4.27. The van der Waals surface area contributed by atoms with Crippen LogP contribution >= 0.6 is 11.6 Å². The minimum Gasteiger partial charge on any atom is -0.426 e. The summed E-state index contributed by atoms with van der Waals surface area (Å²) >= 11 is 6.18. The molecule has 152 valence electrons. The topological polar surface area (TPSA) is 72.9 Å². The summed E-state index contributed by atoms with van der Waals surface area (Å²) in [5, 5.41) is 0.0171. The van der Waals surface area contributed by atoms with Crippen LogP contribution in [0.1, 0.15) is 43.1 Å². The van der Waals surface area contributed by atoms with Gasteiger partial charge in [-0.3, -0.25) is 14.4 Å². The molecule has 1 unspecified atom stereocenters. The van der Waals surface area contributed by atoms with Crippen molar-refractivity contribution in [1.29, 1.82) is 0 Å². The van der Waals surface area contributed by atoms with E-state index in [0.29, 0.717) is 24.1 Å². The van der Waals surface area contributed by atoms with Gasteiger partial charge in [0.2, 0.25) is 0 Å². The third kappa shape index (κ3) is 4.40. The van der Waals surface area contributed by atoms with Crippen molar-refractivity contribution in [2.75, 3.05) is 4.90 Å². The number of benzene rings is 2. The molecule has 1 heterocycles. The van der Waals surface area contributed by atoms with Gasteiger partial charge < -0.3 is 14.4 Å². The first-order valence-corrected chi connectivity index (χ1v) is 9.37. The smallest absolute Gasteiger partial charge is 0.308 e. The molecule has 0 aromatic heterocycles. The fourth-order valence-corrected chi connectivity index (χ4v) is 3.54. The molecule has 1 atom stereocenters. The molecule has 8 heteroatoms. The lowest BCUT2D eigenvalue weighted by molar-refractivity contribution is -0.132. The maximum absolute atomic E-state index is 13.6. The van der Waals surface area contributed by atoms with Crippen LogP contribution in [-0.4, -0.2) is 23.9 Å². The molecule has 1 aliphatic heterocycles. The standard InChI is InChI=1S/C21H19ClFNO5/c1-11-4-5-14-8-15(23)6-7-18(14)24(11)21(27)16-9-17(22)20(29-13(3)26)10-19(16)28-12(2)25/h6-11H,4-5H2,1-3H3. The number of carbonyl (C=O) groups excluding carboxylic acids is 3. The zero-order chi connectivity index (χ0) is 21.3. The number of esters is 2. The first-order chi connectivity index (χ1) is 13.7. The normalized spacial score (nSPS) is 15.5. The number of hydrogen-bond acceptors (Lipinski definition) is 5. The van der Waals surface area contributed by atoms with E-state index >= 15 is 0 Å². The predicted molar refractivity (Wildman–Crippen MR) is 105 cm³/mol. The second-order valence-corrected chi connectivity index (χ2v) is 7.21. The highest BCUT2D eigenvalue weighted by atomic mass is 35.5. The molecule has 0 saturated heterocycles. The van der Waals surface area contributed by atoms with Gasteiger partial charge in [-0.2, -0.15) is 0 Å². The van der Waals surface area contributed by atoms with Crippen molar-refractivity contribution >= 4 is 35.1 Å². The molecule has 0 aliphatic carbocycles. The number of halogens is 2. The van der Waals surface area contributed by atoms with E-state index in [0.717, 1.165) is 0 Å². The van der Waals surface area contributed by atoms with Crippen LogP contribution in [0.5, 0.6) is 11.5 Å². The minimum absolute atomic E-state index is 0.0171. The first-order valence-electron chi connectivity index (χ1n) is 8.99. The maximum atomic E-state index is 13.6. The largest absolute Gasteiger partial charge is 0.426 e. The van der Waals surface area contributed by atoms with Gasteiger partial charge in [0, 0.05) is 31.6 Å². The van der Waals surface area contributed by atoms with Crippen molar-refractivity contribution in [2.24, 2.45) is 0 Å². The number of amides is 1. The molecule has 6 nitrogen and oxygen atoms in total. The molecule has 2 aromatic carbocycles. The molecule has 0 radical (unpaired) electrons. The van der Waals surface area contributed by atoms with Gasteiger partial charge in [-0.15, -0.1) is 0 Å². The molecule has 1 amide bonds. The number of anilines is 1. The number of aryl methyl sites for hydroxylation is 1. The quantitative estimate of drug-likeness (QED) is 0.547. The molecule has 0 N–H and O–H groups in total. The van der Waals surface area contributed by atoms with E-state index in [4.69, 9.17) is 21.1 Å². The third-order valence-corrected chi connectivity index (χ3v) is 4.86. The Balaban J connectivity index is 2.10. The fraction of sp³-hybridized carbons (Fsp3) is 0.286. The Labute approximate surface area is 172 Å². The maximum Gasteiger partial charge on any atom is 0.308 e. The number of ether oxygens (including phenoxy) is 2. The monoisotopic (exact) mass is 419 g/mol. The number of carbonyl (C=O) groups is 3.